The lowest BCUT2D eigenvalue weighted by atomic mass is 9.99. The molecule has 0 bridgehead atoms. The summed E-state index contributed by atoms with van der Waals surface area (Å²) < 4.78 is 4.98. The topological polar surface area (TPSA) is 46.2 Å². The second kappa shape index (κ2) is 7.69. The fourth-order valence-electron chi connectivity index (χ4n) is 1.26. The molecule has 0 rings (SSSR count). The highest BCUT2D eigenvalue weighted by Gasteiger charge is 2.26. The highest BCUT2D eigenvalue weighted by atomic mass is 16.5. The van der Waals surface area contributed by atoms with Crippen LogP contribution in [0.3, 0.4) is 0 Å². The van der Waals surface area contributed by atoms with E-state index in [1.54, 1.807) is 0 Å². The van der Waals surface area contributed by atoms with Gasteiger partial charge in [0.15, 0.2) is 0 Å². The van der Waals surface area contributed by atoms with Crippen LogP contribution in [0.25, 0.3) is 0 Å². The van der Waals surface area contributed by atoms with Gasteiger partial charge in [-0.3, -0.25) is 4.79 Å². The molecule has 0 saturated heterocycles. The molecule has 0 aromatic carbocycles. The van der Waals surface area contributed by atoms with E-state index in [9.17, 15) is 9.90 Å². The van der Waals surface area contributed by atoms with Crippen molar-refractivity contribution in [2.45, 2.75) is 64.9 Å². The van der Waals surface area contributed by atoms with Crippen LogP contribution in [0.5, 0.6) is 0 Å². The first kappa shape index (κ1) is 14.4. The van der Waals surface area contributed by atoms with Crippen molar-refractivity contribution in [2.24, 2.45) is 0 Å². The molecule has 89 valence electrons. The smallest absolute Gasteiger partial charge is 0.305 e. The average molecular weight is 215 g/mol. The Morgan fingerprint density at radius 3 is 2.20 bits per heavy atom. The summed E-state index contributed by atoms with van der Waals surface area (Å²) in [6.07, 6.45) is 4.44. The highest BCUT2D eigenvalue weighted by Crippen LogP contribution is 2.16. The van der Waals surface area contributed by atoms with Gasteiger partial charge in [0.05, 0.1) is 0 Å². The Morgan fingerprint density at radius 2 is 1.73 bits per heavy atom. The Morgan fingerprint density at radius 1 is 1.13 bits per heavy atom. The fourth-order valence-corrected chi connectivity index (χ4v) is 1.26. The van der Waals surface area contributed by atoms with Crippen molar-refractivity contribution >= 4 is 5.97 Å². The van der Waals surface area contributed by atoms with Crippen molar-refractivity contribution in [1.29, 1.82) is 0 Å². The minimum atomic E-state index is -1.08. The second-order valence-corrected chi connectivity index (χ2v) is 4.01. The molecule has 0 aromatic rings. The average Bonchev–Trinajstić information content (AvgIpc) is 2.26. The van der Waals surface area contributed by atoms with Crippen LogP contribution in [0.4, 0.5) is 0 Å². The van der Waals surface area contributed by atoms with E-state index in [4.69, 9.17) is 4.74 Å². The molecular weight excluding hydrogens is 192 g/mol. The molecule has 3 nitrogen and oxygen atoms in total. The largest absolute Gasteiger partial charge is 0.462 e. The molecule has 0 atom stereocenters. The van der Waals surface area contributed by atoms with Crippen LogP contribution in [0, 0.1) is 0 Å². The van der Waals surface area contributed by atoms with Gasteiger partial charge in [0.1, 0.15) is 12.2 Å². The van der Waals surface area contributed by atoms with E-state index in [0.717, 1.165) is 19.3 Å². The van der Waals surface area contributed by atoms with Crippen molar-refractivity contribution in [3.63, 3.8) is 0 Å². The number of carbonyl (C=O) groups is 1. The van der Waals surface area contributed by atoms with E-state index < -0.39 is 5.60 Å². The first-order valence-corrected chi connectivity index (χ1v) is 5.94. The van der Waals surface area contributed by atoms with Crippen LogP contribution < -0.4 is 0 Å². The Balaban J connectivity index is 3.69. The summed E-state index contributed by atoms with van der Waals surface area (Å²) in [5, 5.41) is 11.8. The predicted octanol–water partition coefficient (Wildman–Crippen LogP) is 3.10. The molecule has 3 heteroatoms. The summed E-state index contributed by atoms with van der Waals surface area (Å²) in [7, 11) is 0. The molecule has 0 N–H and O–H groups in total. The molecule has 0 spiro atoms. The first-order chi connectivity index (χ1) is 7.08. The number of esters is 1. The van der Waals surface area contributed by atoms with Gasteiger partial charge in [0.2, 0.25) is 0 Å². The minimum Gasteiger partial charge on any atom is -0.462 e. The van der Waals surface area contributed by atoms with Crippen LogP contribution in [-0.2, 0) is 14.6 Å². The van der Waals surface area contributed by atoms with Gasteiger partial charge in [0, 0.05) is 6.42 Å². The van der Waals surface area contributed by atoms with E-state index >= 15 is 0 Å². The van der Waals surface area contributed by atoms with Crippen molar-refractivity contribution < 1.29 is 14.6 Å². The molecule has 0 aliphatic rings. The first-order valence-electron chi connectivity index (χ1n) is 5.94. The normalized spacial score (nSPS) is 11.5. The monoisotopic (exact) mass is 215 g/mol. The SMILES string of the molecule is CCCCCC(=O)OCC([O])(CC)CC. The van der Waals surface area contributed by atoms with Gasteiger partial charge >= 0.3 is 5.97 Å². The van der Waals surface area contributed by atoms with Gasteiger partial charge in [-0.15, -0.1) is 0 Å². The van der Waals surface area contributed by atoms with Crippen molar-refractivity contribution in [3.8, 4) is 0 Å². The maximum Gasteiger partial charge on any atom is 0.305 e. The second-order valence-electron chi connectivity index (χ2n) is 4.01. The summed E-state index contributed by atoms with van der Waals surface area (Å²) >= 11 is 0. The Hall–Kier alpha value is -0.570. The van der Waals surface area contributed by atoms with Crippen LogP contribution in [0.15, 0.2) is 0 Å². The lowest BCUT2D eigenvalue weighted by Gasteiger charge is -2.21. The van der Waals surface area contributed by atoms with Crippen LogP contribution >= 0.6 is 0 Å². The van der Waals surface area contributed by atoms with Gasteiger partial charge in [-0.25, -0.2) is 5.11 Å². The molecule has 0 aromatic heterocycles. The molecule has 0 heterocycles. The number of hydrogen-bond donors (Lipinski definition) is 0. The summed E-state index contributed by atoms with van der Waals surface area (Å²) in [5.74, 6) is -0.231. The molecule has 0 aliphatic heterocycles. The standard InChI is InChI=1S/C12H23O3/c1-4-7-8-9-11(13)15-10-12(14,5-2)6-3/h4-10H2,1-3H3. The maximum absolute atomic E-state index is 11.8. The maximum atomic E-state index is 11.8. The number of rotatable bonds is 8. The van der Waals surface area contributed by atoms with Gasteiger partial charge in [-0.1, -0.05) is 33.6 Å². The van der Waals surface area contributed by atoms with E-state index in [2.05, 4.69) is 6.92 Å². The zero-order valence-electron chi connectivity index (χ0n) is 10.2. The van der Waals surface area contributed by atoms with Crippen LogP contribution in [0.2, 0.25) is 0 Å². The molecule has 15 heavy (non-hydrogen) atoms. The summed E-state index contributed by atoms with van der Waals surface area (Å²) in [4.78, 5) is 11.2. The number of hydrogen-bond acceptors (Lipinski definition) is 2. The third-order valence-corrected chi connectivity index (χ3v) is 2.77. The summed E-state index contributed by atoms with van der Waals surface area (Å²) in [6, 6.07) is 0. The summed E-state index contributed by atoms with van der Waals surface area (Å²) in [6.45, 7) is 5.77. The van der Waals surface area contributed by atoms with E-state index in [0.29, 0.717) is 19.3 Å². The van der Waals surface area contributed by atoms with E-state index in [1.807, 2.05) is 13.8 Å². The quantitative estimate of drug-likeness (QED) is 0.461. The van der Waals surface area contributed by atoms with Gasteiger partial charge in [-0.05, 0) is 19.3 Å². The van der Waals surface area contributed by atoms with Gasteiger partial charge in [0.25, 0.3) is 0 Å². The third-order valence-electron chi connectivity index (χ3n) is 2.77. The van der Waals surface area contributed by atoms with Gasteiger partial charge in [-0.2, -0.15) is 0 Å². The molecule has 0 unspecified atom stereocenters. The lowest BCUT2D eigenvalue weighted by Crippen LogP contribution is -2.32. The Bertz CT molecular complexity index is 174. The van der Waals surface area contributed by atoms with Crippen LogP contribution in [-0.4, -0.2) is 18.2 Å². The molecule has 0 fully saturated rings. The predicted molar refractivity (Wildman–Crippen MR) is 59.1 cm³/mol. The van der Waals surface area contributed by atoms with E-state index in [-0.39, 0.29) is 12.6 Å². The zero-order valence-corrected chi connectivity index (χ0v) is 10.2. The third kappa shape index (κ3) is 6.50. The number of carbonyl (C=O) groups excluding carboxylic acids is 1. The number of unbranched alkanes of at least 4 members (excludes halogenated alkanes) is 2. The molecule has 1 radical (unpaired) electrons. The zero-order chi connectivity index (χ0) is 11.7. The Kier molecular flexibility index (Phi) is 7.39. The van der Waals surface area contributed by atoms with Crippen molar-refractivity contribution in [2.75, 3.05) is 6.61 Å². The fraction of sp³-hybridized carbons (Fsp3) is 0.917. The lowest BCUT2D eigenvalue weighted by molar-refractivity contribution is -0.157. The van der Waals surface area contributed by atoms with Crippen molar-refractivity contribution in [1.82, 2.24) is 0 Å². The highest BCUT2D eigenvalue weighted by molar-refractivity contribution is 5.69. The number of ether oxygens (including phenoxy) is 1. The van der Waals surface area contributed by atoms with Gasteiger partial charge < -0.3 is 4.74 Å². The molecule has 0 amide bonds. The van der Waals surface area contributed by atoms with Crippen molar-refractivity contribution in [3.05, 3.63) is 0 Å². The van der Waals surface area contributed by atoms with Crippen LogP contribution in [0.1, 0.15) is 59.3 Å². The minimum absolute atomic E-state index is 0.0188. The molecular formula is C12H23O3. The molecule has 0 saturated carbocycles. The van der Waals surface area contributed by atoms with E-state index in [1.165, 1.54) is 0 Å². The summed E-state index contributed by atoms with van der Waals surface area (Å²) in [5.41, 5.74) is -1.08. The Labute approximate surface area is 92.8 Å². The molecule has 0 aliphatic carbocycles.